The molecule has 0 N–H and O–H groups in total. The number of rotatable bonds is 2. The van der Waals surface area contributed by atoms with Crippen molar-refractivity contribution in [2.45, 2.75) is 19.4 Å². The quantitative estimate of drug-likeness (QED) is 0.300. The number of aliphatic imine (C=N–C) groups is 1. The zero-order chi connectivity index (χ0) is 6.62. The molecule has 0 amide bonds. The molecule has 2 nitrogen and oxygen atoms in total. The Bertz CT molecular complexity index is 131. The van der Waals surface area contributed by atoms with Crippen LogP contribution >= 0.6 is 0 Å². The minimum atomic E-state index is -0.443. The van der Waals surface area contributed by atoms with Crippen LogP contribution in [0.4, 0.5) is 0 Å². The third-order valence-corrected chi connectivity index (χ3v) is 0.833. The first-order valence-corrected chi connectivity index (χ1v) is 2.35. The molecule has 0 saturated heterocycles. The average molecular weight is 111 g/mol. The summed E-state index contributed by atoms with van der Waals surface area (Å²) in [6, 6.07) is 0. The molecule has 0 aromatic rings. The van der Waals surface area contributed by atoms with E-state index in [1.54, 1.807) is 19.9 Å². The second kappa shape index (κ2) is 2.43. The number of isocyanates is 1. The molecule has 0 aliphatic rings. The van der Waals surface area contributed by atoms with E-state index in [-0.39, 0.29) is 0 Å². The van der Waals surface area contributed by atoms with Crippen LogP contribution in [0.3, 0.4) is 0 Å². The van der Waals surface area contributed by atoms with Crippen molar-refractivity contribution in [1.29, 1.82) is 0 Å². The van der Waals surface area contributed by atoms with Gasteiger partial charge in [-0.2, -0.15) is 4.99 Å². The zero-order valence-corrected chi connectivity index (χ0v) is 5.14. The van der Waals surface area contributed by atoms with E-state index in [1.165, 1.54) is 6.08 Å². The largest absolute Gasteiger partial charge is 0.235 e. The molecular weight excluding hydrogens is 102 g/mol. The summed E-state index contributed by atoms with van der Waals surface area (Å²) < 4.78 is 0. The molecule has 0 saturated carbocycles. The zero-order valence-electron chi connectivity index (χ0n) is 5.14. The van der Waals surface area contributed by atoms with Crippen molar-refractivity contribution in [2.24, 2.45) is 4.99 Å². The Labute approximate surface area is 48.9 Å². The summed E-state index contributed by atoms with van der Waals surface area (Å²) >= 11 is 0. The molecule has 0 spiro atoms. The Morgan fingerprint density at radius 2 is 2.25 bits per heavy atom. The highest BCUT2D eigenvalue weighted by Crippen LogP contribution is 2.06. The summed E-state index contributed by atoms with van der Waals surface area (Å²) in [7, 11) is 0. The first kappa shape index (κ1) is 7.12. The van der Waals surface area contributed by atoms with E-state index in [0.29, 0.717) is 0 Å². The van der Waals surface area contributed by atoms with Crippen molar-refractivity contribution < 1.29 is 4.79 Å². The van der Waals surface area contributed by atoms with Gasteiger partial charge in [-0.05, 0) is 13.8 Å². The first-order chi connectivity index (χ1) is 3.62. The molecule has 0 aromatic heterocycles. The van der Waals surface area contributed by atoms with Gasteiger partial charge >= 0.3 is 0 Å². The van der Waals surface area contributed by atoms with Gasteiger partial charge < -0.3 is 0 Å². The van der Waals surface area contributed by atoms with Crippen molar-refractivity contribution in [1.82, 2.24) is 0 Å². The molecule has 0 rings (SSSR count). The lowest BCUT2D eigenvalue weighted by molar-refractivity contribution is 0.551. The van der Waals surface area contributed by atoms with Crippen LogP contribution in [0.15, 0.2) is 17.6 Å². The van der Waals surface area contributed by atoms with E-state index in [2.05, 4.69) is 11.6 Å². The maximum atomic E-state index is 9.64. The number of carbonyl (C=O) groups excluding carboxylic acids is 1. The Kier molecular flexibility index (Phi) is 2.17. The molecule has 0 aromatic carbocycles. The maximum Gasteiger partial charge on any atom is 0.235 e. The fourth-order valence-electron chi connectivity index (χ4n) is 0.163. The van der Waals surface area contributed by atoms with Crippen molar-refractivity contribution in [3.63, 3.8) is 0 Å². The topological polar surface area (TPSA) is 29.4 Å². The minimum Gasteiger partial charge on any atom is -0.211 e. The van der Waals surface area contributed by atoms with Crippen LogP contribution < -0.4 is 0 Å². The molecule has 2 heteroatoms. The Hall–Kier alpha value is -0.880. The van der Waals surface area contributed by atoms with Crippen molar-refractivity contribution in [3.05, 3.63) is 12.7 Å². The van der Waals surface area contributed by atoms with Crippen molar-refractivity contribution >= 4 is 6.08 Å². The summed E-state index contributed by atoms with van der Waals surface area (Å²) in [5, 5.41) is 0. The van der Waals surface area contributed by atoms with E-state index >= 15 is 0 Å². The Morgan fingerprint density at radius 3 is 2.38 bits per heavy atom. The van der Waals surface area contributed by atoms with E-state index in [4.69, 9.17) is 0 Å². The van der Waals surface area contributed by atoms with Crippen LogP contribution in [0, 0.1) is 0 Å². The molecule has 0 bridgehead atoms. The predicted octanol–water partition coefficient (Wildman–Crippen LogP) is 1.29. The van der Waals surface area contributed by atoms with E-state index < -0.39 is 5.54 Å². The van der Waals surface area contributed by atoms with E-state index in [0.717, 1.165) is 0 Å². The van der Waals surface area contributed by atoms with Gasteiger partial charge in [-0.25, -0.2) is 4.79 Å². The Balaban J connectivity index is 4.11. The third-order valence-electron chi connectivity index (χ3n) is 0.833. The van der Waals surface area contributed by atoms with Crippen LogP contribution in [0.1, 0.15) is 13.8 Å². The smallest absolute Gasteiger partial charge is 0.211 e. The number of nitrogens with zero attached hydrogens (tertiary/aromatic N) is 1. The van der Waals surface area contributed by atoms with Crippen molar-refractivity contribution in [2.75, 3.05) is 0 Å². The summed E-state index contributed by atoms with van der Waals surface area (Å²) in [6.07, 6.45) is 3.06. The highest BCUT2D eigenvalue weighted by molar-refractivity contribution is 5.35. The standard InChI is InChI=1S/C6H9NO/c1-4-6(2,3)7-5-8/h4H,1H2,2-3H3. The van der Waals surface area contributed by atoms with Gasteiger partial charge in [0, 0.05) is 0 Å². The summed E-state index contributed by atoms with van der Waals surface area (Å²) in [5.41, 5.74) is -0.443. The third kappa shape index (κ3) is 2.32. The van der Waals surface area contributed by atoms with Crippen LogP contribution in [0.2, 0.25) is 0 Å². The molecule has 0 radical (unpaired) electrons. The fraction of sp³-hybridized carbons (Fsp3) is 0.500. The van der Waals surface area contributed by atoms with Crippen LogP contribution in [0.5, 0.6) is 0 Å². The fourth-order valence-corrected chi connectivity index (χ4v) is 0.163. The highest BCUT2D eigenvalue weighted by atomic mass is 16.1. The molecule has 0 heterocycles. The second-order valence-corrected chi connectivity index (χ2v) is 2.06. The van der Waals surface area contributed by atoms with Gasteiger partial charge in [-0.1, -0.05) is 6.08 Å². The van der Waals surface area contributed by atoms with Gasteiger partial charge in [0.15, 0.2) is 0 Å². The lowest BCUT2D eigenvalue weighted by Crippen LogP contribution is -2.10. The normalized spacial score (nSPS) is 9.75. The number of hydrogen-bond acceptors (Lipinski definition) is 2. The van der Waals surface area contributed by atoms with E-state index in [9.17, 15) is 4.79 Å². The highest BCUT2D eigenvalue weighted by Gasteiger charge is 2.07. The number of hydrogen-bond donors (Lipinski definition) is 0. The van der Waals surface area contributed by atoms with Crippen LogP contribution in [-0.4, -0.2) is 11.6 Å². The molecule has 0 atom stereocenters. The summed E-state index contributed by atoms with van der Waals surface area (Å²) in [4.78, 5) is 13.1. The second-order valence-electron chi connectivity index (χ2n) is 2.06. The molecule has 0 aliphatic heterocycles. The average Bonchev–Trinajstić information content (AvgIpc) is 1.67. The lowest BCUT2D eigenvalue weighted by Gasteiger charge is -2.07. The van der Waals surface area contributed by atoms with Crippen molar-refractivity contribution in [3.8, 4) is 0 Å². The summed E-state index contributed by atoms with van der Waals surface area (Å²) in [6.45, 7) is 7.04. The maximum absolute atomic E-state index is 9.64. The molecule has 44 valence electrons. The van der Waals surface area contributed by atoms with Gasteiger partial charge in [-0.15, -0.1) is 6.58 Å². The SMILES string of the molecule is C=CC(C)(C)N=C=O. The molecule has 0 aliphatic carbocycles. The van der Waals surface area contributed by atoms with Gasteiger partial charge in [0.1, 0.15) is 0 Å². The molecule has 8 heavy (non-hydrogen) atoms. The summed E-state index contributed by atoms with van der Waals surface area (Å²) in [5.74, 6) is 0. The predicted molar refractivity (Wildman–Crippen MR) is 32.4 cm³/mol. The Morgan fingerprint density at radius 1 is 1.75 bits per heavy atom. The van der Waals surface area contributed by atoms with Gasteiger partial charge in [0.25, 0.3) is 0 Å². The van der Waals surface area contributed by atoms with Gasteiger partial charge in [-0.3, -0.25) is 0 Å². The monoisotopic (exact) mass is 111 g/mol. The molecule has 0 unspecified atom stereocenters. The van der Waals surface area contributed by atoms with Crippen LogP contribution in [0.25, 0.3) is 0 Å². The van der Waals surface area contributed by atoms with Gasteiger partial charge in [0.05, 0.1) is 5.54 Å². The molecular formula is C6H9NO. The molecule has 0 fully saturated rings. The van der Waals surface area contributed by atoms with E-state index in [1.807, 2.05) is 0 Å². The van der Waals surface area contributed by atoms with Crippen LogP contribution in [-0.2, 0) is 4.79 Å². The minimum absolute atomic E-state index is 0.443. The first-order valence-electron chi connectivity index (χ1n) is 2.35. The lowest BCUT2D eigenvalue weighted by atomic mass is 10.1. The van der Waals surface area contributed by atoms with Gasteiger partial charge in [0.2, 0.25) is 6.08 Å².